The first kappa shape index (κ1) is 11.4. The van der Waals surface area contributed by atoms with E-state index < -0.39 is 0 Å². The van der Waals surface area contributed by atoms with Crippen LogP contribution in [0.1, 0.15) is 11.1 Å². The number of nitrogens with one attached hydrogen (secondary N) is 2. The Hall–Kier alpha value is -2.09. The van der Waals surface area contributed by atoms with Gasteiger partial charge in [0, 0.05) is 13.0 Å². The molecule has 0 aliphatic heterocycles. The van der Waals surface area contributed by atoms with Crippen LogP contribution in [0.25, 0.3) is 0 Å². The Morgan fingerprint density at radius 3 is 1.94 bits per heavy atom. The van der Waals surface area contributed by atoms with Crippen LogP contribution in [0.5, 0.6) is 0 Å². The van der Waals surface area contributed by atoms with Gasteiger partial charge in [0.2, 0.25) is 0 Å². The van der Waals surface area contributed by atoms with Gasteiger partial charge in [0.05, 0.1) is 5.84 Å². The highest BCUT2D eigenvalue weighted by Gasteiger charge is 1.98. The summed E-state index contributed by atoms with van der Waals surface area (Å²) in [7, 11) is 0. The second-order valence-corrected chi connectivity index (χ2v) is 3.98. The van der Waals surface area contributed by atoms with Crippen molar-refractivity contribution < 1.29 is 0 Å². The fourth-order valence-corrected chi connectivity index (χ4v) is 1.67. The highest BCUT2D eigenvalue weighted by atomic mass is 14.9. The summed E-state index contributed by atoms with van der Waals surface area (Å²) in [5, 5.41) is 11.0. The molecule has 0 amide bonds. The monoisotopic (exact) mass is 224 g/mol. The lowest BCUT2D eigenvalue weighted by molar-refractivity contribution is 0.887. The first-order valence-corrected chi connectivity index (χ1v) is 5.74. The van der Waals surface area contributed by atoms with E-state index in [-0.39, 0.29) is 0 Å². The molecule has 2 nitrogen and oxygen atoms in total. The van der Waals surface area contributed by atoms with Crippen molar-refractivity contribution in [3.63, 3.8) is 0 Å². The average Bonchev–Trinajstić information content (AvgIpc) is 2.39. The predicted molar refractivity (Wildman–Crippen MR) is 71.2 cm³/mol. The Morgan fingerprint density at radius 1 is 0.824 bits per heavy atom. The molecule has 0 spiro atoms. The lowest BCUT2D eigenvalue weighted by atomic mass is 10.1. The molecule has 2 rings (SSSR count). The maximum absolute atomic E-state index is 7.86. The Labute approximate surface area is 102 Å². The smallest absolute Gasteiger partial charge is 0.0979 e. The van der Waals surface area contributed by atoms with Crippen LogP contribution in [0.2, 0.25) is 0 Å². The molecule has 0 aliphatic rings. The van der Waals surface area contributed by atoms with Gasteiger partial charge in [-0.05, 0) is 11.1 Å². The molecule has 0 radical (unpaired) electrons. The van der Waals surface area contributed by atoms with Gasteiger partial charge < -0.3 is 5.32 Å². The molecule has 0 heterocycles. The van der Waals surface area contributed by atoms with E-state index in [0.29, 0.717) is 18.8 Å². The van der Waals surface area contributed by atoms with Gasteiger partial charge in [-0.15, -0.1) is 0 Å². The molecule has 17 heavy (non-hydrogen) atoms. The fraction of sp³-hybridized carbons (Fsp3) is 0.133. The van der Waals surface area contributed by atoms with Crippen molar-refractivity contribution in [3.05, 3.63) is 71.8 Å². The summed E-state index contributed by atoms with van der Waals surface area (Å²) in [4.78, 5) is 0. The van der Waals surface area contributed by atoms with E-state index in [9.17, 15) is 0 Å². The van der Waals surface area contributed by atoms with E-state index in [0.717, 1.165) is 5.56 Å². The molecule has 0 aromatic heterocycles. The van der Waals surface area contributed by atoms with Crippen LogP contribution in [0.4, 0.5) is 0 Å². The lowest BCUT2D eigenvalue weighted by Crippen LogP contribution is -2.23. The zero-order valence-electron chi connectivity index (χ0n) is 9.69. The van der Waals surface area contributed by atoms with Crippen LogP contribution in [-0.4, -0.2) is 5.84 Å². The number of benzene rings is 2. The minimum atomic E-state index is 0.556. The average molecular weight is 224 g/mol. The standard InChI is InChI=1S/C15H16N2/c16-15(11-13-7-3-1-4-8-13)17-12-14-9-5-2-6-10-14/h1-10H,11-12H2,(H2,16,17). The van der Waals surface area contributed by atoms with Crippen molar-refractivity contribution in [1.82, 2.24) is 5.32 Å². The summed E-state index contributed by atoms with van der Waals surface area (Å²) in [6.07, 6.45) is 0.660. The van der Waals surface area contributed by atoms with E-state index in [1.165, 1.54) is 5.56 Å². The maximum Gasteiger partial charge on any atom is 0.0979 e. The van der Waals surface area contributed by atoms with Crippen molar-refractivity contribution in [2.45, 2.75) is 13.0 Å². The Balaban J connectivity index is 1.83. The minimum absolute atomic E-state index is 0.556. The van der Waals surface area contributed by atoms with Crippen molar-refractivity contribution in [2.24, 2.45) is 0 Å². The van der Waals surface area contributed by atoms with E-state index in [2.05, 4.69) is 17.4 Å². The van der Waals surface area contributed by atoms with E-state index in [1.54, 1.807) is 0 Å². The van der Waals surface area contributed by atoms with Gasteiger partial charge in [-0.1, -0.05) is 60.7 Å². The third-order valence-corrected chi connectivity index (χ3v) is 2.57. The van der Waals surface area contributed by atoms with Crippen LogP contribution in [0.15, 0.2) is 60.7 Å². The summed E-state index contributed by atoms with van der Waals surface area (Å²) in [5.74, 6) is 0.556. The molecule has 0 saturated heterocycles. The molecule has 86 valence electrons. The molecule has 2 heteroatoms. The van der Waals surface area contributed by atoms with E-state index in [4.69, 9.17) is 5.41 Å². The van der Waals surface area contributed by atoms with Crippen molar-refractivity contribution in [2.75, 3.05) is 0 Å². The predicted octanol–water partition coefficient (Wildman–Crippen LogP) is 3.00. The molecule has 0 bridgehead atoms. The summed E-state index contributed by atoms with van der Waals surface area (Å²) in [5.41, 5.74) is 2.36. The molecule has 2 N–H and O–H groups in total. The molecule has 0 aliphatic carbocycles. The minimum Gasteiger partial charge on any atom is -0.370 e. The van der Waals surface area contributed by atoms with E-state index in [1.807, 2.05) is 48.5 Å². The van der Waals surface area contributed by atoms with Gasteiger partial charge in [0.25, 0.3) is 0 Å². The maximum atomic E-state index is 7.86. The molecule has 0 atom stereocenters. The van der Waals surface area contributed by atoms with Crippen LogP contribution in [0.3, 0.4) is 0 Å². The second kappa shape index (κ2) is 5.85. The number of hydrogen-bond donors (Lipinski definition) is 2. The third-order valence-electron chi connectivity index (χ3n) is 2.57. The van der Waals surface area contributed by atoms with Gasteiger partial charge in [0.1, 0.15) is 0 Å². The summed E-state index contributed by atoms with van der Waals surface area (Å²) < 4.78 is 0. The Kier molecular flexibility index (Phi) is 3.92. The van der Waals surface area contributed by atoms with Crippen molar-refractivity contribution >= 4 is 5.84 Å². The van der Waals surface area contributed by atoms with E-state index >= 15 is 0 Å². The normalized spacial score (nSPS) is 9.88. The zero-order chi connectivity index (χ0) is 11.9. The van der Waals surface area contributed by atoms with Crippen LogP contribution in [0, 0.1) is 5.41 Å². The van der Waals surface area contributed by atoms with Gasteiger partial charge in [-0.2, -0.15) is 0 Å². The number of amidine groups is 1. The number of hydrogen-bond acceptors (Lipinski definition) is 1. The summed E-state index contributed by atoms with van der Waals surface area (Å²) in [6, 6.07) is 20.2. The van der Waals surface area contributed by atoms with Crippen LogP contribution >= 0.6 is 0 Å². The van der Waals surface area contributed by atoms with Crippen molar-refractivity contribution in [1.29, 1.82) is 5.41 Å². The largest absolute Gasteiger partial charge is 0.370 e. The fourth-order valence-electron chi connectivity index (χ4n) is 1.67. The van der Waals surface area contributed by atoms with Crippen molar-refractivity contribution in [3.8, 4) is 0 Å². The molecule has 0 fully saturated rings. The topological polar surface area (TPSA) is 35.9 Å². The molecule has 0 unspecified atom stereocenters. The van der Waals surface area contributed by atoms with Crippen LogP contribution in [-0.2, 0) is 13.0 Å². The molecular formula is C15H16N2. The molecule has 0 saturated carbocycles. The first-order chi connectivity index (χ1) is 8.34. The van der Waals surface area contributed by atoms with Gasteiger partial charge in [-0.3, -0.25) is 5.41 Å². The highest BCUT2D eigenvalue weighted by molar-refractivity contribution is 5.81. The summed E-state index contributed by atoms with van der Waals surface area (Å²) >= 11 is 0. The van der Waals surface area contributed by atoms with Crippen LogP contribution < -0.4 is 5.32 Å². The Morgan fingerprint density at radius 2 is 1.35 bits per heavy atom. The SMILES string of the molecule is N=C(Cc1ccccc1)NCc1ccccc1. The second-order valence-electron chi connectivity index (χ2n) is 3.98. The summed E-state index contributed by atoms with van der Waals surface area (Å²) in [6.45, 7) is 0.715. The molecule has 2 aromatic rings. The quantitative estimate of drug-likeness (QED) is 0.608. The first-order valence-electron chi connectivity index (χ1n) is 5.74. The number of rotatable bonds is 4. The molecule has 2 aromatic carbocycles. The highest BCUT2D eigenvalue weighted by Crippen LogP contribution is 2.01. The van der Waals surface area contributed by atoms with Gasteiger partial charge >= 0.3 is 0 Å². The van der Waals surface area contributed by atoms with Gasteiger partial charge in [-0.25, -0.2) is 0 Å². The Bertz CT molecular complexity index is 463. The zero-order valence-corrected chi connectivity index (χ0v) is 9.69. The van der Waals surface area contributed by atoms with Gasteiger partial charge in [0.15, 0.2) is 0 Å². The molecular weight excluding hydrogens is 208 g/mol. The lowest BCUT2D eigenvalue weighted by Gasteiger charge is -2.08. The third kappa shape index (κ3) is 3.76.